The lowest BCUT2D eigenvalue weighted by molar-refractivity contribution is 0.102. The highest BCUT2D eigenvalue weighted by molar-refractivity contribution is 6.04. The minimum Gasteiger partial charge on any atom is -0.380 e. The molecule has 1 N–H and O–H groups in total. The third kappa shape index (κ3) is 5.16. The Hall–Kier alpha value is -2.17. The molecule has 1 aliphatic heterocycles. The maximum Gasteiger partial charge on any atom is 0.255 e. The van der Waals surface area contributed by atoms with Gasteiger partial charge >= 0.3 is 0 Å². The van der Waals surface area contributed by atoms with Crippen LogP contribution in [0.3, 0.4) is 0 Å². The van der Waals surface area contributed by atoms with Crippen LogP contribution in [0, 0.1) is 5.92 Å². The Morgan fingerprint density at radius 1 is 1.12 bits per heavy atom. The number of hydrogen-bond donors (Lipinski definition) is 1. The lowest BCUT2D eigenvalue weighted by Gasteiger charge is -2.30. The van der Waals surface area contributed by atoms with Crippen LogP contribution in [0.1, 0.15) is 41.3 Å². The van der Waals surface area contributed by atoms with Gasteiger partial charge in [0.05, 0.1) is 6.61 Å². The van der Waals surface area contributed by atoms with Crippen molar-refractivity contribution in [3.63, 3.8) is 0 Å². The van der Waals surface area contributed by atoms with Crippen molar-refractivity contribution in [2.45, 2.75) is 32.9 Å². The maximum atomic E-state index is 12.5. The molecular formula is C22H28N2O2. The Bertz CT molecular complexity index is 719. The van der Waals surface area contributed by atoms with E-state index in [9.17, 15) is 4.79 Å². The molecule has 4 heteroatoms. The summed E-state index contributed by atoms with van der Waals surface area (Å²) in [5.41, 5.74) is 3.77. The number of benzene rings is 2. The zero-order valence-corrected chi connectivity index (χ0v) is 15.7. The summed E-state index contributed by atoms with van der Waals surface area (Å²) in [6.45, 7) is 6.17. The summed E-state index contributed by atoms with van der Waals surface area (Å²) in [6, 6.07) is 15.7. The highest BCUT2D eigenvalue weighted by Gasteiger charge is 2.15. The first kappa shape index (κ1) is 18.6. The molecule has 1 fully saturated rings. The molecule has 0 saturated carbocycles. The van der Waals surface area contributed by atoms with Gasteiger partial charge in [0.25, 0.3) is 5.91 Å². The van der Waals surface area contributed by atoms with Crippen LogP contribution in [-0.2, 0) is 17.9 Å². The molecule has 0 unspecified atom stereocenters. The van der Waals surface area contributed by atoms with Crippen LogP contribution < -0.4 is 5.32 Å². The average molecular weight is 352 g/mol. The van der Waals surface area contributed by atoms with E-state index in [1.54, 1.807) is 7.11 Å². The Labute approximate surface area is 156 Å². The van der Waals surface area contributed by atoms with Crippen molar-refractivity contribution in [1.82, 2.24) is 4.90 Å². The van der Waals surface area contributed by atoms with Crippen molar-refractivity contribution < 1.29 is 9.53 Å². The second kappa shape index (κ2) is 8.97. The zero-order chi connectivity index (χ0) is 18.4. The van der Waals surface area contributed by atoms with E-state index in [-0.39, 0.29) is 5.91 Å². The molecule has 4 nitrogen and oxygen atoms in total. The van der Waals surface area contributed by atoms with Crippen molar-refractivity contribution in [3.05, 3.63) is 65.2 Å². The van der Waals surface area contributed by atoms with Gasteiger partial charge in [0.15, 0.2) is 0 Å². The van der Waals surface area contributed by atoms with E-state index < -0.39 is 0 Å². The van der Waals surface area contributed by atoms with E-state index >= 15 is 0 Å². The van der Waals surface area contributed by atoms with Crippen molar-refractivity contribution >= 4 is 11.6 Å². The number of likely N-dealkylation sites (tertiary alicyclic amines) is 1. The molecule has 0 spiro atoms. The quantitative estimate of drug-likeness (QED) is 0.842. The summed E-state index contributed by atoms with van der Waals surface area (Å²) in [7, 11) is 1.66. The van der Waals surface area contributed by atoms with Crippen LogP contribution in [0.5, 0.6) is 0 Å². The molecule has 0 bridgehead atoms. The van der Waals surface area contributed by atoms with Crippen LogP contribution in [-0.4, -0.2) is 31.0 Å². The lowest BCUT2D eigenvalue weighted by Crippen LogP contribution is -2.32. The highest BCUT2D eigenvalue weighted by Crippen LogP contribution is 2.19. The summed E-state index contributed by atoms with van der Waals surface area (Å²) in [5, 5.41) is 2.96. The molecule has 2 aromatic rings. The van der Waals surface area contributed by atoms with Crippen LogP contribution in [0.4, 0.5) is 5.69 Å². The molecule has 2 aromatic carbocycles. The van der Waals surface area contributed by atoms with Gasteiger partial charge in [-0.1, -0.05) is 31.2 Å². The second-order valence-corrected chi connectivity index (χ2v) is 7.24. The molecule has 1 amide bonds. The van der Waals surface area contributed by atoms with E-state index in [1.807, 2.05) is 36.4 Å². The molecule has 1 saturated heterocycles. The zero-order valence-electron chi connectivity index (χ0n) is 15.7. The minimum atomic E-state index is -0.0853. The number of carbonyl (C=O) groups is 1. The van der Waals surface area contributed by atoms with E-state index in [4.69, 9.17) is 4.74 Å². The fourth-order valence-corrected chi connectivity index (χ4v) is 3.35. The molecule has 1 aliphatic rings. The number of anilines is 1. The lowest BCUT2D eigenvalue weighted by atomic mass is 9.99. The van der Waals surface area contributed by atoms with Crippen LogP contribution in [0.25, 0.3) is 0 Å². The fourth-order valence-electron chi connectivity index (χ4n) is 3.35. The van der Waals surface area contributed by atoms with Gasteiger partial charge < -0.3 is 10.1 Å². The van der Waals surface area contributed by atoms with E-state index in [2.05, 4.69) is 29.3 Å². The number of piperidine rings is 1. The van der Waals surface area contributed by atoms with Crippen molar-refractivity contribution in [3.8, 4) is 0 Å². The van der Waals surface area contributed by atoms with Gasteiger partial charge in [0, 0.05) is 24.9 Å². The monoisotopic (exact) mass is 352 g/mol. The summed E-state index contributed by atoms with van der Waals surface area (Å²) >= 11 is 0. The third-order valence-corrected chi connectivity index (χ3v) is 4.99. The van der Waals surface area contributed by atoms with Crippen LogP contribution in [0.2, 0.25) is 0 Å². The topological polar surface area (TPSA) is 41.6 Å². The standard InChI is InChI=1S/C22H28N2O2/c1-17-10-12-24(13-11-17)15-18-6-8-20(9-7-18)22(25)23-21-5-3-4-19(14-21)16-26-2/h3-9,14,17H,10-13,15-16H2,1-2H3,(H,23,25). The molecule has 1 heterocycles. The van der Waals surface area contributed by atoms with Gasteiger partial charge in [-0.2, -0.15) is 0 Å². The number of nitrogens with one attached hydrogen (secondary N) is 1. The number of carbonyl (C=O) groups excluding carboxylic acids is 1. The van der Waals surface area contributed by atoms with Gasteiger partial charge in [-0.25, -0.2) is 0 Å². The highest BCUT2D eigenvalue weighted by atomic mass is 16.5. The first-order valence-electron chi connectivity index (χ1n) is 9.34. The Morgan fingerprint density at radius 3 is 2.54 bits per heavy atom. The number of hydrogen-bond acceptors (Lipinski definition) is 3. The van der Waals surface area contributed by atoms with Crippen molar-refractivity contribution in [2.75, 3.05) is 25.5 Å². The molecule has 0 aromatic heterocycles. The first-order chi connectivity index (χ1) is 12.6. The fraction of sp³-hybridized carbons (Fsp3) is 0.409. The number of nitrogens with zero attached hydrogens (tertiary/aromatic N) is 1. The van der Waals surface area contributed by atoms with Gasteiger partial charge in [-0.15, -0.1) is 0 Å². The normalized spacial score (nSPS) is 15.8. The summed E-state index contributed by atoms with van der Waals surface area (Å²) in [5.74, 6) is 0.762. The van der Waals surface area contributed by atoms with Crippen LogP contribution in [0.15, 0.2) is 48.5 Å². The summed E-state index contributed by atoms with van der Waals surface area (Å²) in [6.07, 6.45) is 2.56. The summed E-state index contributed by atoms with van der Waals surface area (Å²) in [4.78, 5) is 15.0. The molecular weight excluding hydrogens is 324 g/mol. The van der Waals surface area contributed by atoms with Gasteiger partial charge in [-0.05, 0) is 67.2 Å². The first-order valence-corrected chi connectivity index (χ1v) is 9.34. The van der Waals surface area contributed by atoms with Crippen molar-refractivity contribution in [2.24, 2.45) is 5.92 Å². The third-order valence-electron chi connectivity index (χ3n) is 4.99. The van der Waals surface area contributed by atoms with Gasteiger partial charge in [0.1, 0.15) is 0 Å². The van der Waals surface area contributed by atoms with E-state index in [0.717, 1.165) is 23.7 Å². The van der Waals surface area contributed by atoms with E-state index in [0.29, 0.717) is 12.2 Å². The number of methoxy groups -OCH3 is 1. The predicted molar refractivity (Wildman–Crippen MR) is 105 cm³/mol. The molecule has 138 valence electrons. The SMILES string of the molecule is COCc1cccc(NC(=O)c2ccc(CN3CCC(C)CC3)cc2)c1. The Morgan fingerprint density at radius 2 is 1.85 bits per heavy atom. The number of ether oxygens (including phenoxy) is 1. The van der Waals surface area contributed by atoms with Gasteiger partial charge in [0.2, 0.25) is 0 Å². The van der Waals surface area contributed by atoms with Crippen molar-refractivity contribution in [1.29, 1.82) is 0 Å². The minimum absolute atomic E-state index is 0.0853. The Kier molecular flexibility index (Phi) is 6.42. The maximum absolute atomic E-state index is 12.5. The number of rotatable bonds is 6. The average Bonchev–Trinajstić information content (AvgIpc) is 2.65. The summed E-state index contributed by atoms with van der Waals surface area (Å²) < 4.78 is 5.14. The van der Waals surface area contributed by atoms with E-state index in [1.165, 1.54) is 31.5 Å². The van der Waals surface area contributed by atoms with Crippen LogP contribution >= 0.6 is 0 Å². The second-order valence-electron chi connectivity index (χ2n) is 7.24. The molecule has 0 aliphatic carbocycles. The largest absolute Gasteiger partial charge is 0.380 e. The number of amides is 1. The Balaban J connectivity index is 1.57. The molecule has 0 radical (unpaired) electrons. The van der Waals surface area contributed by atoms with Gasteiger partial charge in [-0.3, -0.25) is 9.69 Å². The predicted octanol–water partition coefficient (Wildman–Crippen LogP) is 4.32. The molecule has 3 rings (SSSR count). The smallest absolute Gasteiger partial charge is 0.255 e. The molecule has 26 heavy (non-hydrogen) atoms. The molecule has 0 atom stereocenters.